The van der Waals surface area contributed by atoms with Crippen LogP contribution in [0.3, 0.4) is 0 Å². The molecule has 0 radical (unpaired) electrons. The van der Waals surface area contributed by atoms with Crippen LogP contribution in [0, 0.1) is 0 Å². The highest BCUT2D eigenvalue weighted by atomic mass is 35.5. The zero-order valence-electron chi connectivity index (χ0n) is 14.5. The first kappa shape index (κ1) is 20.2. The second kappa shape index (κ2) is 9.10. The first-order valence-electron chi connectivity index (χ1n) is 8.21. The highest BCUT2D eigenvalue weighted by Gasteiger charge is 2.13. The lowest BCUT2D eigenvalue weighted by Crippen LogP contribution is -2.18. The number of hydrazone groups is 1. The SMILES string of the molecule is O=S(=O)(N/N=C\c1cc(Cl)cc(Cl)c1OCc1ccccc1)c1ccccc1. The van der Waals surface area contributed by atoms with Crippen LogP contribution in [-0.4, -0.2) is 14.6 Å². The monoisotopic (exact) mass is 434 g/mol. The van der Waals surface area contributed by atoms with Crippen LogP contribution in [-0.2, 0) is 16.6 Å². The Labute approximate surface area is 173 Å². The van der Waals surface area contributed by atoms with Crippen LogP contribution in [0.15, 0.2) is 82.8 Å². The Balaban J connectivity index is 1.80. The van der Waals surface area contributed by atoms with Crippen LogP contribution < -0.4 is 9.57 Å². The van der Waals surface area contributed by atoms with Crippen LogP contribution in [0.2, 0.25) is 10.0 Å². The summed E-state index contributed by atoms with van der Waals surface area (Å²) >= 11 is 12.3. The van der Waals surface area contributed by atoms with E-state index in [1.165, 1.54) is 18.3 Å². The van der Waals surface area contributed by atoms with Gasteiger partial charge in [-0.2, -0.15) is 13.5 Å². The third-order valence-corrected chi connectivity index (χ3v) is 5.43. The number of halogens is 2. The van der Waals surface area contributed by atoms with E-state index in [1.807, 2.05) is 30.3 Å². The van der Waals surface area contributed by atoms with Crippen molar-refractivity contribution in [1.29, 1.82) is 0 Å². The molecule has 0 saturated heterocycles. The summed E-state index contributed by atoms with van der Waals surface area (Å²) in [5, 5.41) is 4.51. The molecule has 3 aromatic rings. The molecule has 0 unspecified atom stereocenters. The van der Waals surface area contributed by atoms with E-state index in [1.54, 1.807) is 30.3 Å². The van der Waals surface area contributed by atoms with Gasteiger partial charge in [0.1, 0.15) is 12.4 Å². The molecule has 3 rings (SSSR count). The molecule has 3 aromatic carbocycles. The van der Waals surface area contributed by atoms with Gasteiger partial charge in [-0.05, 0) is 29.8 Å². The quantitative estimate of drug-likeness (QED) is 0.425. The molecule has 0 saturated carbocycles. The minimum atomic E-state index is -3.77. The van der Waals surface area contributed by atoms with E-state index in [0.29, 0.717) is 28.0 Å². The zero-order valence-corrected chi connectivity index (χ0v) is 16.9. The van der Waals surface area contributed by atoms with Crippen LogP contribution in [0.5, 0.6) is 5.75 Å². The van der Waals surface area contributed by atoms with E-state index in [-0.39, 0.29) is 4.90 Å². The Kier molecular flexibility index (Phi) is 6.57. The maximum absolute atomic E-state index is 12.2. The van der Waals surface area contributed by atoms with Crippen LogP contribution in [0.4, 0.5) is 0 Å². The van der Waals surface area contributed by atoms with E-state index >= 15 is 0 Å². The van der Waals surface area contributed by atoms with Gasteiger partial charge in [-0.3, -0.25) is 0 Å². The summed E-state index contributed by atoms with van der Waals surface area (Å²) in [7, 11) is -3.77. The van der Waals surface area contributed by atoms with E-state index in [0.717, 1.165) is 5.56 Å². The standard InChI is InChI=1S/C20H16Cl2N2O3S/c21-17-11-16(13-23-24-28(25,26)18-9-5-2-6-10-18)20(19(22)12-17)27-14-15-7-3-1-4-8-15/h1-13,24H,14H2/b23-13-. The average Bonchev–Trinajstić information content (AvgIpc) is 2.68. The number of hydrogen-bond donors (Lipinski definition) is 1. The minimum Gasteiger partial charge on any atom is -0.487 e. The summed E-state index contributed by atoms with van der Waals surface area (Å²) in [6, 6.07) is 20.6. The Morgan fingerprint density at radius 1 is 0.964 bits per heavy atom. The first-order chi connectivity index (χ1) is 13.5. The zero-order chi connectivity index (χ0) is 20.0. The van der Waals surface area contributed by atoms with Crippen molar-refractivity contribution in [2.45, 2.75) is 11.5 Å². The maximum atomic E-state index is 12.2. The molecule has 0 aliphatic carbocycles. The average molecular weight is 435 g/mol. The molecule has 144 valence electrons. The Bertz CT molecular complexity index is 1070. The van der Waals surface area contributed by atoms with Crippen LogP contribution >= 0.6 is 23.2 Å². The van der Waals surface area contributed by atoms with Crippen LogP contribution in [0.1, 0.15) is 11.1 Å². The molecule has 0 spiro atoms. The number of nitrogens with one attached hydrogen (secondary N) is 1. The van der Waals surface area contributed by atoms with Gasteiger partial charge in [0.15, 0.2) is 0 Å². The highest BCUT2D eigenvalue weighted by Crippen LogP contribution is 2.32. The van der Waals surface area contributed by atoms with Gasteiger partial charge in [0.05, 0.1) is 16.1 Å². The van der Waals surface area contributed by atoms with Gasteiger partial charge in [-0.1, -0.05) is 71.7 Å². The Hall–Kier alpha value is -2.54. The molecule has 0 heterocycles. The summed E-state index contributed by atoms with van der Waals surface area (Å²) in [5.41, 5.74) is 1.41. The van der Waals surface area contributed by atoms with Crippen molar-refractivity contribution in [3.05, 3.63) is 94.0 Å². The number of nitrogens with zero attached hydrogens (tertiary/aromatic N) is 1. The molecule has 0 bridgehead atoms. The molecular formula is C20H16Cl2N2O3S. The van der Waals surface area contributed by atoms with Crippen molar-refractivity contribution in [2.24, 2.45) is 5.10 Å². The maximum Gasteiger partial charge on any atom is 0.276 e. The lowest BCUT2D eigenvalue weighted by molar-refractivity contribution is 0.306. The van der Waals surface area contributed by atoms with Gasteiger partial charge in [-0.15, -0.1) is 0 Å². The molecule has 0 atom stereocenters. The number of ether oxygens (including phenoxy) is 1. The predicted octanol–water partition coefficient (Wildman–Crippen LogP) is 4.88. The van der Waals surface area contributed by atoms with Gasteiger partial charge < -0.3 is 4.74 Å². The molecule has 0 aromatic heterocycles. The van der Waals surface area contributed by atoms with E-state index in [4.69, 9.17) is 27.9 Å². The van der Waals surface area contributed by atoms with Gasteiger partial charge in [-0.25, -0.2) is 4.83 Å². The third kappa shape index (κ3) is 5.25. The summed E-state index contributed by atoms with van der Waals surface area (Å²) < 4.78 is 30.3. The number of benzene rings is 3. The van der Waals surface area contributed by atoms with E-state index < -0.39 is 10.0 Å². The van der Waals surface area contributed by atoms with E-state index in [9.17, 15) is 8.42 Å². The molecule has 8 heteroatoms. The van der Waals surface area contributed by atoms with E-state index in [2.05, 4.69) is 9.93 Å². The van der Waals surface area contributed by atoms with Crippen molar-refractivity contribution in [3.8, 4) is 5.75 Å². The summed E-state index contributed by atoms with van der Waals surface area (Å²) in [5.74, 6) is 0.359. The summed E-state index contributed by atoms with van der Waals surface area (Å²) in [6.07, 6.45) is 1.30. The normalized spacial score (nSPS) is 11.5. The minimum absolute atomic E-state index is 0.108. The Morgan fingerprint density at radius 2 is 1.61 bits per heavy atom. The second-order valence-electron chi connectivity index (χ2n) is 5.75. The van der Waals surface area contributed by atoms with Gasteiger partial charge in [0.25, 0.3) is 10.0 Å². The Morgan fingerprint density at radius 3 is 2.29 bits per heavy atom. The fourth-order valence-electron chi connectivity index (χ4n) is 2.38. The lowest BCUT2D eigenvalue weighted by Gasteiger charge is -2.12. The van der Waals surface area contributed by atoms with Gasteiger partial charge in [0.2, 0.25) is 0 Å². The van der Waals surface area contributed by atoms with Crippen molar-refractivity contribution >= 4 is 39.4 Å². The molecule has 1 N–H and O–H groups in total. The largest absolute Gasteiger partial charge is 0.487 e. The molecule has 5 nitrogen and oxygen atoms in total. The smallest absolute Gasteiger partial charge is 0.276 e. The van der Waals surface area contributed by atoms with Crippen molar-refractivity contribution in [2.75, 3.05) is 0 Å². The highest BCUT2D eigenvalue weighted by molar-refractivity contribution is 7.89. The number of hydrogen-bond acceptors (Lipinski definition) is 4. The second-order valence-corrected chi connectivity index (χ2v) is 8.25. The summed E-state index contributed by atoms with van der Waals surface area (Å²) in [4.78, 5) is 2.27. The molecular weight excluding hydrogens is 419 g/mol. The topological polar surface area (TPSA) is 67.8 Å². The third-order valence-electron chi connectivity index (χ3n) is 3.69. The fraction of sp³-hybridized carbons (Fsp3) is 0.0500. The van der Waals surface area contributed by atoms with Crippen molar-refractivity contribution in [3.63, 3.8) is 0 Å². The number of rotatable bonds is 7. The van der Waals surface area contributed by atoms with Crippen molar-refractivity contribution in [1.82, 2.24) is 4.83 Å². The molecule has 0 fully saturated rings. The fourth-order valence-corrected chi connectivity index (χ4v) is 3.75. The number of sulfonamides is 1. The molecule has 0 amide bonds. The predicted molar refractivity (Wildman–Crippen MR) is 112 cm³/mol. The first-order valence-corrected chi connectivity index (χ1v) is 10.5. The van der Waals surface area contributed by atoms with Gasteiger partial charge >= 0.3 is 0 Å². The molecule has 0 aliphatic rings. The van der Waals surface area contributed by atoms with Crippen LogP contribution in [0.25, 0.3) is 0 Å². The summed E-state index contributed by atoms with van der Waals surface area (Å²) in [6.45, 7) is 0.290. The lowest BCUT2D eigenvalue weighted by atomic mass is 10.2. The van der Waals surface area contributed by atoms with Crippen molar-refractivity contribution < 1.29 is 13.2 Å². The molecule has 0 aliphatic heterocycles. The molecule has 28 heavy (non-hydrogen) atoms. The van der Waals surface area contributed by atoms with Gasteiger partial charge in [0, 0.05) is 10.6 Å².